The van der Waals surface area contributed by atoms with E-state index in [-0.39, 0.29) is 24.0 Å². The van der Waals surface area contributed by atoms with E-state index in [2.05, 4.69) is 4.99 Å². The second kappa shape index (κ2) is 9.90. The van der Waals surface area contributed by atoms with E-state index < -0.39 is 10.0 Å². The molecule has 1 aliphatic rings. The van der Waals surface area contributed by atoms with Crippen molar-refractivity contribution in [3.05, 3.63) is 17.0 Å². The molecule has 138 valence electrons. The number of rotatable bonds is 6. The molecule has 0 aromatic carbocycles. The van der Waals surface area contributed by atoms with Crippen molar-refractivity contribution >= 4 is 51.3 Å². The van der Waals surface area contributed by atoms with Gasteiger partial charge in [0.05, 0.1) is 19.8 Å². The van der Waals surface area contributed by atoms with Crippen LogP contribution in [0.25, 0.3) is 0 Å². The number of thiophene rings is 1. The first-order chi connectivity index (χ1) is 11.0. The maximum absolute atomic E-state index is 12.6. The van der Waals surface area contributed by atoms with E-state index in [4.69, 9.17) is 10.5 Å². The average Bonchev–Trinajstić information content (AvgIpc) is 3.04. The van der Waals surface area contributed by atoms with Gasteiger partial charge in [0.15, 0.2) is 5.96 Å². The standard InChI is InChI=1S/C14H24N4O3S2.HI/c1-3-17(4-2)14(15)16-11-12-5-6-13(22-12)23(19,20)18-7-9-21-10-8-18;/h5-6H,3-4,7-11H2,1-2H3,(H2,15,16);1H. The van der Waals surface area contributed by atoms with Gasteiger partial charge in [-0.05, 0) is 26.0 Å². The fourth-order valence-electron chi connectivity index (χ4n) is 2.30. The molecule has 2 N–H and O–H groups in total. The molecule has 0 unspecified atom stereocenters. The summed E-state index contributed by atoms with van der Waals surface area (Å²) in [5, 5.41) is 0. The van der Waals surface area contributed by atoms with E-state index in [0.717, 1.165) is 18.0 Å². The van der Waals surface area contributed by atoms with E-state index in [1.165, 1.54) is 15.6 Å². The van der Waals surface area contributed by atoms with Gasteiger partial charge in [0.25, 0.3) is 10.0 Å². The summed E-state index contributed by atoms with van der Waals surface area (Å²) < 4.78 is 32.1. The number of nitrogens with zero attached hydrogens (tertiary/aromatic N) is 3. The van der Waals surface area contributed by atoms with Crippen LogP contribution in [0.15, 0.2) is 21.3 Å². The molecule has 0 spiro atoms. The summed E-state index contributed by atoms with van der Waals surface area (Å²) in [4.78, 5) is 7.19. The van der Waals surface area contributed by atoms with Crippen molar-refractivity contribution in [2.45, 2.75) is 24.6 Å². The summed E-state index contributed by atoms with van der Waals surface area (Å²) in [6, 6.07) is 3.45. The Morgan fingerprint density at radius 1 is 1.33 bits per heavy atom. The Kier molecular flexibility index (Phi) is 8.91. The summed E-state index contributed by atoms with van der Waals surface area (Å²) in [5.74, 6) is 0.487. The lowest BCUT2D eigenvalue weighted by Crippen LogP contribution is -2.40. The zero-order chi connectivity index (χ0) is 16.9. The van der Waals surface area contributed by atoms with Crippen molar-refractivity contribution in [3.63, 3.8) is 0 Å². The Morgan fingerprint density at radius 3 is 2.54 bits per heavy atom. The molecule has 7 nitrogen and oxygen atoms in total. The fourth-order valence-corrected chi connectivity index (χ4v) is 5.15. The number of halogens is 1. The predicted octanol–water partition coefficient (Wildman–Crippen LogP) is 1.54. The lowest BCUT2D eigenvalue weighted by molar-refractivity contribution is 0.0731. The molecule has 1 aliphatic heterocycles. The highest BCUT2D eigenvalue weighted by atomic mass is 127. The van der Waals surface area contributed by atoms with Crippen molar-refractivity contribution in [2.24, 2.45) is 10.7 Å². The second-order valence-electron chi connectivity index (χ2n) is 5.08. The minimum absolute atomic E-state index is 0. The Bertz CT molecular complexity index is 638. The van der Waals surface area contributed by atoms with Crippen LogP contribution in [-0.2, 0) is 21.3 Å². The van der Waals surface area contributed by atoms with E-state index in [9.17, 15) is 8.42 Å². The molecule has 0 aliphatic carbocycles. The van der Waals surface area contributed by atoms with Gasteiger partial charge in [-0.15, -0.1) is 35.3 Å². The normalized spacial score (nSPS) is 16.7. The molecule has 0 amide bonds. The Labute approximate surface area is 164 Å². The van der Waals surface area contributed by atoms with Gasteiger partial charge >= 0.3 is 0 Å². The minimum Gasteiger partial charge on any atom is -0.379 e. The third kappa shape index (κ3) is 5.28. The Hall–Kier alpha value is -0.430. The molecule has 0 bridgehead atoms. The van der Waals surface area contributed by atoms with E-state index in [1.807, 2.05) is 18.7 Å². The van der Waals surface area contributed by atoms with Crippen LogP contribution in [0.1, 0.15) is 18.7 Å². The third-order valence-corrected chi connectivity index (χ3v) is 7.12. The van der Waals surface area contributed by atoms with E-state index >= 15 is 0 Å². The summed E-state index contributed by atoms with van der Waals surface area (Å²) in [7, 11) is -3.42. The van der Waals surface area contributed by atoms with Crippen LogP contribution in [0.2, 0.25) is 0 Å². The molecule has 0 radical (unpaired) electrons. The molecule has 1 fully saturated rings. The van der Waals surface area contributed by atoms with Crippen LogP contribution < -0.4 is 5.73 Å². The summed E-state index contributed by atoms with van der Waals surface area (Å²) in [6.07, 6.45) is 0. The summed E-state index contributed by atoms with van der Waals surface area (Å²) in [5.41, 5.74) is 5.94. The van der Waals surface area contributed by atoms with Crippen molar-refractivity contribution in [1.82, 2.24) is 9.21 Å². The fraction of sp³-hybridized carbons (Fsp3) is 0.643. The molecule has 1 saturated heterocycles. The minimum atomic E-state index is -3.42. The van der Waals surface area contributed by atoms with Gasteiger partial charge in [-0.25, -0.2) is 13.4 Å². The summed E-state index contributed by atoms with van der Waals surface area (Å²) in [6.45, 7) is 7.73. The highest BCUT2D eigenvalue weighted by molar-refractivity contribution is 14.0. The van der Waals surface area contributed by atoms with Crippen LogP contribution in [0, 0.1) is 0 Å². The molecule has 10 heteroatoms. The predicted molar refractivity (Wildman–Crippen MR) is 108 cm³/mol. The number of guanidine groups is 1. The Morgan fingerprint density at radius 2 is 1.96 bits per heavy atom. The van der Waals surface area contributed by atoms with Crippen molar-refractivity contribution in [2.75, 3.05) is 39.4 Å². The first-order valence-corrected chi connectivity index (χ1v) is 9.96. The number of morpholine rings is 1. The maximum Gasteiger partial charge on any atom is 0.252 e. The molecule has 2 heterocycles. The number of sulfonamides is 1. The molecule has 0 saturated carbocycles. The van der Waals surface area contributed by atoms with Crippen molar-refractivity contribution in [1.29, 1.82) is 0 Å². The van der Waals surface area contributed by atoms with Gasteiger partial charge in [-0.3, -0.25) is 0 Å². The van der Waals surface area contributed by atoms with E-state index in [1.54, 1.807) is 12.1 Å². The first kappa shape index (κ1) is 21.6. The van der Waals surface area contributed by atoms with Gasteiger partial charge in [0, 0.05) is 31.1 Å². The number of hydrogen-bond donors (Lipinski definition) is 1. The number of nitrogens with two attached hydrogens (primary N) is 1. The van der Waals surface area contributed by atoms with Crippen LogP contribution in [-0.4, -0.2) is 63.0 Å². The second-order valence-corrected chi connectivity index (χ2v) is 8.42. The van der Waals surface area contributed by atoms with Crippen LogP contribution in [0.5, 0.6) is 0 Å². The first-order valence-electron chi connectivity index (χ1n) is 7.70. The highest BCUT2D eigenvalue weighted by Gasteiger charge is 2.27. The quantitative estimate of drug-likeness (QED) is 0.373. The monoisotopic (exact) mass is 488 g/mol. The van der Waals surface area contributed by atoms with Gasteiger partial charge in [0.1, 0.15) is 4.21 Å². The zero-order valence-electron chi connectivity index (χ0n) is 14.0. The summed E-state index contributed by atoms with van der Waals surface area (Å²) >= 11 is 1.25. The third-order valence-electron chi connectivity index (χ3n) is 3.69. The SMILES string of the molecule is CCN(CC)C(N)=NCc1ccc(S(=O)(=O)N2CCOCC2)s1.I. The van der Waals surface area contributed by atoms with Crippen LogP contribution >= 0.6 is 35.3 Å². The molecular formula is C14H25IN4O3S2. The molecular weight excluding hydrogens is 463 g/mol. The smallest absolute Gasteiger partial charge is 0.252 e. The average molecular weight is 488 g/mol. The lowest BCUT2D eigenvalue weighted by Gasteiger charge is -2.25. The topological polar surface area (TPSA) is 88.2 Å². The largest absolute Gasteiger partial charge is 0.379 e. The maximum atomic E-state index is 12.6. The zero-order valence-corrected chi connectivity index (χ0v) is 17.9. The lowest BCUT2D eigenvalue weighted by atomic mass is 10.5. The van der Waals surface area contributed by atoms with Gasteiger partial charge < -0.3 is 15.4 Å². The van der Waals surface area contributed by atoms with Gasteiger partial charge in [-0.2, -0.15) is 4.31 Å². The van der Waals surface area contributed by atoms with Gasteiger partial charge in [0.2, 0.25) is 0 Å². The number of aliphatic imine (C=N–C) groups is 1. The van der Waals surface area contributed by atoms with Crippen LogP contribution in [0.3, 0.4) is 0 Å². The van der Waals surface area contributed by atoms with E-state index in [0.29, 0.717) is 43.0 Å². The van der Waals surface area contributed by atoms with Gasteiger partial charge in [-0.1, -0.05) is 0 Å². The highest BCUT2D eigenvalue weighted by Crippen LogP contribution is 2.26. The van der Waals surface area contributed by atoms with Crippen molar-refractivity contribution in [3.8, 4) is 0 Å². The number of ether oxygens (including phenoxy) is 1. The molecule has 1 aromatic heterocycles. The molecule has 0 atom stereocenters. The molecule has 24 heavy (non-hydrogen) atoms. The van der Waals surface area contributed by atoms with Crippen molar-refractivity contribution < 1.29 is 13.2 Å². The van der Waals surface area contributed by atoms with Crippen LogP contribution in [0.4, 0.5) is 0 Å². The molecule has 2 rings (SSSR count). The molecule has 1 aromatic rings. The Balaban J connectivity index is 0.00000288. The number of hydrogen-bond acceptors (Lipinski definition) is 5.